The molecule has 6 heteroatoms. The number of rotatable bonds is 3. The van der Waals surface area contributed by atoms with Crippen molar-refractivity contribution in [2.75, 3.05) is 26.3 Å². The van der Waals surface area contributed by atoms with Crippen LogP contribution in [0.4, 0.5) is 0 Å². The van der Waals surface area contributed by atoms with Crippen molar-refractivity contribution in [2.45, 2.75) is 43.9 Å². The zero-order valence-electron chi connectivity index (χ0n) is 14.3. The van der Waals surface area contributed by atoms with E-state index in [1.54, 1.807) is 12.1 Å². The fourth-order valence-corrected chi connectivity index (χ4v) is 4.53. The second kappa shape index (κ2) is 7.66. The summed E-state index contributed by atoms with van der Waals surface area (Å²) >= 11 is 0. The Bertz CT molecular complexity index is 651. The number of morpholine rings is 1. The van der Waals surface area contributed by atoms with Gasteiger partial charge in [0.2, 0.25) is 0 Å². The van der Waals surface area contributed by atoms with Crippen LogP contribution in [0.5, 0.6) is 0 Å². The van der Waals surface area contributed by atoms with Crippen LogP contribution in [0.2, 0.25) is 0 Å². The van der Waals surface area contributed by atoms with Crippen molar-refractivity contribution in [1.29, 1.82) is 0 Å². The van der Waals surface area contributed by atoms with Crippen LogP contribution in [-0.2, 0) is 14.8 Å². The van der Waals surface area contributed by atoms with E-state index in [-0.39, 0.29) is 10.8 Å². The Balaban J connectivity index is 1.93. The smallest absolute Gasteiger partial charge is 0.283 e. The van der Waals surface area contributed by atoms with Gasteiger partial charge < -0.3 is 9.64 Å². The molecule has 1 saturated heterocycles. The Hall–Kier alpha value is -1.40. The molecule has 132 valence electrons. The van der Waals surface area contributed by atoms with Crippen molar-refractivity contribution in [1.82, 2.24) is 4.90 Å². The van der Waals surface area contributed by atoms with E-state index in [4.69, 9.17) is 4.74 Å². The summed E-state index contributed by atoms with van der Waals surface area (Å²) in [4.78, 5) is 2.39. The number of sulfonamides is 1. The molecule has 1 aliphatic carbocycles. The highest BCUT2D eigenvalue weighted by atomic mass is 32.2. The highest BCUT2D eigenvalue weighted by Gasteiger charge is 2.28. The van der Waals surface area contributed by atoms with E-state index in [2.05, 4.69) is 9.30 Å². The minimum Gasteiger partial charge on any atom is -0.378 e. The predicted molar refractivity (Wildman–Crippen MR) is 94.8 cm³/mol. The van der Waals surface area contributed by atoms with E-state index in [0.717, 1.165) is 50.2 Å². The number of amidine groups is 1. The molecule has 1 aliphatic heterocycles. The Morgan fingerprint density at radius 1 is 1.08 bits per heavy atom. The molecule has 0 amide bonds. The van der Waals surface area contributed by atoms with Crippen LogP contribution in [0.25, 0.3) is 0 Å². The van der Waals surface area contributed by atoms with E-state index >= 15 is 0 Å². The molecule has 2 fully saturated rings. The van der Waals surface area contributed by atoms with Crippen LogP contribution < -0.4 is 0 Å². The SMILES string of the molecule is Cc1ccc(S(=O)(=O)/N=C(/C2CCCCC2)N2CCOCC2)cc1. The molecule has 24 heavy (non-hydrogen) atoms. The monoisotopic (exact) mass is 350 g/mol. The zero-order chi connectivity index (χ0) is 17.0. The van der Waals surface area contributed by atoms with Crippen molar-refractivity contribution < 1.29 is 13.2 Å². The van der Waals surface area contributed by atoms with Gasteiger partial charge in [-0.1, -0.05) is 37.0 Å². The average molecular weight is 350 g/mol. The lowest BCUT2D eigenvalue weighted by Gasteiger charge is -2.35. The number of nitrogens with zero attached hydrogens (tertiary/aromatic N) is 2. The molecule has 0 radical (unpaired) electrons. The van der Waals surface area contributed by atoms with E-state index < -0.39 is 10.0 Å². The number of aryl methyl sites for hydroxylation is 1. The van der Waals surface area contributed by atoms with Crippen LogP contribution >= 0.6 is 0 Å². The molecule has 0 unspecified atom stereocenters. The summed E-state index contributed by atoms with van der Waals surface area (Å²) in [6, 6.07) is 6.92. The Morgan fingerprint density at radius 3 is 2.33 bits per heavy atom. The second-order valence-corrected chi connectivity index (χ2v) is 8.28. The van der Waals surface area contributed by atoms with Gasteiger partial charge in [0.1, 0.15) is 5.84 Å². The molecule has 0 bridgehead atoms. The van der Waals surface area contributed by atoms with E-state index in [0.29, 0.717) is 13.2 Å². The fraction of sp³-hybridized carbons (Fsp3) is 0.611. The highest BCUT2D eigenvalue weighted by molar-refractivity contribution is 7.90. The predicted octanol–water partition coefficient (Wildman–Crippen LogP) is 2.99. The minimum atomic E-state index is -3.67. The first kappa shape index (κ1) is 17.4. The van der Waals surface area contributed by atoms with Gasteiger partial charge in [0, 0.05) is 19.0 Å². The first-order chi connectivity index (χ1) is 11.6. The van der Waals surface area contributed by atoms with Gasteiger partial charge in [-0.3, -0.25) is 0 Å². The topological polar surface area (TPSA) is 59.0 Å². The molecular weight excluding hydrogens is 324 g/mol. The van der Waals surface area contributed by atoms with Gasteiger partial charge in [-0.2, -0.15) is 8.42 Å². The molecular formula is C18H26N2O3S. The summed E-state index contributed by atoms with van der Waals surface area (Å²) in [5, 5.41) is 0. The number of hydrogen-bond acceptors (Lipinski definition) is 3. The molecule has 0 aromatic heterocycles. The molecule has 0 spiro atoms. The lowest BCUT2D eigenvalue weighted by molar-refractivity contribution is 0.0654. The van der Waals surface area contributed by atoms with Crippen molar-refractivity contribution in [3.05, 3.63) is 29.8 Å². The summed E-state index contributed by atoms with van der Waals surface area (Å²) in [6.45, 7) is 4.66. The third-order valence-electron chi connectivity index (χ3n) is 4.84. The van der Waals surface area contributed by atoms with Crippen molar-refractivity contribution in [3.8, 4) is 0 Å². The van der Waals surface area contributed by atoms with Crippen molar-refractivity contribution >= 4 is 15.9 Å². The average Bonchev–Trinajstić information content (AvgIpc) is 2.62. The molecule has 1 heterocycles. The van der Waals surface area contributed by atoms with Gasteiger partial charge in [-0.05, 0) is 31.9 Å². The van der Waals surface area contributed by atoms with Gasteiger partial charge in [0.15, 0.2) is 0 Å². The third kappa shape index (κ3) is 4.16. The van der Waals surface area contributed by atoms with Crippen LogP contribution in [0, 0.1) is 12.8 Å². The number of ether oxygens (including phenoxy) is 1. The normalized spacial score (nSPS) is 21.0. The van der Waals surface area contributed by atoms with Gasteiger partial charge in [0.05, 0.1) is 18.1 Å². The standard InChI is InChI=1S/C18H26N2O3S/c1-15-7-9-17(10-8-15)24(21,22)19-18(16-5-3-2-4-6-16)20-11-13-23-14-12-20/h7-10,16H,2-6,11-14H2,1H3/b19-18-. The summed E-state index contributed by atoms with van der Waals surface area (Å²) in [7, 11) is -3.67. The Labute approximate surface area is 144 Å². The van der Waals surface area contributed by atoms with Crippen molar-refractivity contribution in [2.24, 2.45) is 10.3 Å². The highest BCUT2D eigenvalue weighted by Crippen LogP contribution is 2.28. The van der Waals surface area contributed by atoms with Crippen molar-refractivity contribution in [3.63, 3.8) is 0 Å². The van der Waals surface area contributed by atoms with Crippen LogP contribution in [-0.4, -0.2) is 45.5 Å². The molecule has 2 aliphatic rings. The second-order valence-electron chi connectivity index (χ2n) is 6.67. The molecule has 0 N–H and O–H groups in total. The maximum absolute atomic E-state index is 12.8. The Kier molecular flexibility index (Phi) is 5.56. The van der Waals surface area contributed by atoms with Gasteiger partial charge in [0.25, 0.3) is 10.0 Å². The maximum Gasteiger partial charge on any atom is 0.283 e. The van der Waals surface area contributed by atoms with Crippen LogP contribution in [0.15, 0.2) is 33.6 Å². The number of hydrogen-bond donors (Lipinski definition) is 0. The van der Waals surface area contributed by atoms with E-state index in [1.165, 1.54) is 6.42 Å². The fourth-order valence-electron chi connectivity index (χ4n) is 3.43. The largest absolute Gasteiger partial charge is 0.378 e. The summed E-state index contributed by atoms with van der Waals surface area (Å²) in [5.74, 6) is 0.996. The van der Waals surface area contributed by atoms with Gasteiger partial charge in [-0.15, -0.1) is 4.40 Å². The van der Waals surface area contributed by atoms with Crippen LogP contribution in [0.1, 0.15) is 37.7 Å². The molecule has 1 aromatic rings. The Morgan fingerprint density at radius 2 is 1.71 bits per heavy atom. The lowest BCUT2D eigenvalue weighted by atomic mass is 9.88. The molecule has 1 saturated carbocycles. The quantitative estimate of drug-likeness (QED) is 0.621. The van der Waals surface area contributed by atoms with Gasteiger partial charge >= 0.3 is 0 Å². The van der Waals surface area contributed by atoms with E-state index in [9.17, 15) is 8.42 Å². The lowest BCUT2D eigenvalue weighted by Crippen LogP contribution is -2.44. The molecule has 0 atom stereocenters. The summed E-state index contributed by atoms with van der Waals surface area (Å²) in [6.07, 6.45) is 5.59. The molecule has 1 aromatic carbocycles. The van der Waals surface area contributed by atoms with E-state index in [1.807, 2.05) is 19.1 Å². The minimum absolute atomic E-state index is 0.247. The number of benzene rings is 1. The molecule has 5 nitrogen and oxygen atoms in total. The zero-order valence-corrected chi connectivity index (χ0v) is 15.1. The first-order valence-electron chi connectivity index (χ1n) is 8.80. The molecule has 3 rings (SSSR count). The summed E-state index contributed by atoms with van der Waals surface area (Å²) in [5.41, 5.74) is 1.04. The van der Waals surface area contributed by atoms with Gasteiger partial charge in [-0.25, -0.2) is 0 Å². The first-order valence-corrected chi connectivity index (χ1v) is 10.2. The third-order valence-corrected chi connectivity index (χ3v) is 6.13. The van der Waals surface area contributed by atoms with Crippen LogP contribution in [0.3, 0.4) is 0 Å². The summed E-state index contributed by atoms with van der Waals surface area (Å²) < 4.78 is 35.3. The maximum atomic E-state index is 12.8.